The minimum atomic E-state index is -3.12. The van der Waals surface area contributed by atoms with Gasteiger partial charge in [-0.05, 0) is 12.0 Å². The summed E-state index contributed by atoms with van der Waals surface area (Å²) in [5.74, 6) is 0.215. The minimum Gasteiger partial charge on any atom is -0.373 e. The van der Waals surface area contributed by atoms with Crippen molar-refractivity contribution in [2.75, 3.05) is 19.4 Å². The smallest absolute Gasteiger partial charge is 0.208 e. The first-order valence-electron chi connectivity index (χ1n) is 5.67. The van der Waals surface area contributed by atoms with Crippen LogP contribution in [-0.4, -0.2) is 27.8 Å². The molecule has 94 valence electrons. The third-order valence-electron chi connectivity index (χ3n) is 2.95. The normalized spacial score (nSPS) is 25.0. The van der Waals surface area contributed by atoms with E-state index in [1.54, 1.807) is 0 Å². The molecular formula is C12H17NO3S. The Morgan fingerprint density at radius 3 is 2.71 bits per heavy atom. The largest absolute Gasteiger partial charge is 0.373 e. The first kappa shape index (κ1) is 12.5. The molecular weight excluding hydrogens is 238 g/mol. The van der Waals surface area contributed by atoms with E-state index in [0.29, 0.717) is 13.2 Å². The molecule has 4 nitrogen and oxygen atoms in total. The average Bonchev–Trinajstić information content (AvgIpc) is 2.75. The number of benzene rings is 1. The highest BCUT2D eigenvalue weighted by molar-refractivity contribution is 7.88. The molecule has 0 aliphatic carbocycles. The quantitative estimate of drug-likeness (QED) is 0.882. The molecule has 1 N–H and O–H groups in total. The number of ether oxygens (including phenoxy) is 1. The van der Waals surface area contributed by atoms with Crippen LogP contribution in [0.2, 0.25) is 0 Å². The maximum atomic E-state index is 11.1. The Balaban J connectivity index is 2.03. The van der Waals surface area contributed by atoms with Gasteiger partial charge in [0.25, 0.3) is 0 Å². The van der Waals surface area contributed by atoms with Gasteiger partial charge in [-0.1, -0.05) is 30.3 Å². The summed E-state index contributed by atoms with van der Waals surface area (Å²) in [6.45, 7) is 1.13. The van der Waals surface area contributed by atoms with E-state index < -0.39 is 10.0 Å². The van der Waals surface area contributed by atoms with Crippen molar-refractivity contribution in [3.05, 3.63) is 35.9 Å². The Hall–Kier alpha value is -0.910. The SMILES string of the molecule is CS(=O)(=O)NC[C@@H]1CCO[C@H]1c1ccccc1. The molecule has 1 heterocycles. The number of rotatable bonds is 4. The second kappa shape index (κ2) is 5.16. The van der Waals surface area contributed by atoms with Gasteiger partial charge in [0.2, 0.25) is 10.0 Å². The van der Waals surface area contributed by atoms with Crippen molar-refractivity contribution in [2.45, 2.75) is 12.5 Å². The highest BCUT2D eigenvalue weighted by Crippen LogP contribution is 2.33. The lowest BCUT2D eigenvalue weighted by atomic mass is 9.96. The van der Waals surface area contributed by atoms with Crippen molar-refractivity contribution in [2.24, 2.45) is 5.92 Å². The molecule has 1 aliphatic heterocycles. The summed E-state index contributed by atoms with van der Waals surface area (Å²) in [5.41, 5.74) is 1.12. The van der Waals surface area contributed by atoms with Crippen LogP contribution in [0.1, 0.15) is 18.1 Å². The van der Waals surface area contributed by atoms with Crippen molar-refractivity contribution in [3.63, 3.8) is 0 Å². The van der Waals surface area contributed by atoms with Gasteiger partial charge in [-0.25, -0.2) is 13.1 Å². The number of hydrogen-bond acceptors (Lipinski definition) is 3. The summed E-state index contributed by atoms with van der Waals surface area (Å²) < 4.78 is 30.4. The Bertz CT molecular complexity index is 458. The lowest BCUT2D eigenvalue weighted by molar-refractivity contribution is 0.0917. The van der Waals surface area contributed by atoms with Gasteiger partial charge in [-0.15, -0.1) is 0 Å². The zero-order chi connectivity index (χ0) is 12.3. The van der Waals surface area contributed by atoms with Crippen LogP contribution in [-0.2, 0) is 14.8 Å². The fourth-order valence-electron chi connectivity index (χ4n) is 2.11. The van der Waals surface area contributed by atoms with Gasteiger partial charge in [-0.2, -0.15) is 0 Å². The molecule has 0 bridgehead atoms. The van der Waals surface area contributed by atoms with Gasteiger partial charge in [0.1, 0.15) is 0 Å². The predicted molar refractivity (Wildman–Crippen MR) is 66.1 cm³/mol. The third kappa shape index (κ3) is 3.52. The van der Waals surface area contributed by atoms with Gasteiger partial charge in [0.05, 0.1) is 12.4 Å². The standard InChI is InChI=1S/C12H17NO3S/c1-17(14,15)13-9-11-7-8-16-12(11)10-5-3-2-4-6-10/h2-6,11-13H,7-9H2,1H3/t11-,12-/m0/s1. The zero-order valence-electron chi connectivity index (χ0n) is 9.80. The Morgan fingerprint density at radius 1 is 1.35 bits per heavy atom. The first-order chi connectivity index (χ1) is 8.06. The molecule has 5 heteroatoms. The molecule has 0 spiro atoms. The fraction of sp³-hybridized carbons (Fsp3) is 0.500. The van der Waals surface area contributed by atoms with E-state index in [9.17, 15) is 8.42 Å². The number of nitrogens with one attached hydrogen (secondary N) is 1. The monoisotopic (exact) mass is 255 g/mol. The van der Waals surface area contributed by atoms with Gasteiger partial charge in [0.15, 0.2) is 0 Å². The highest BCUT2D eigenvalue weighted by Gasteiger charge is 2.29. The van der Waals surface area contributed by atoms with Gasteiger partial charge in [0, 0.05) is 19.1 Å². The van der Waals surface area contributed by atoms with E-state index in [1.807, 2.05) is 30.3 Å². The van der Waals surface area contributed by atoms with Crippen LogP contribution in [0.25, 0.3) is 0 Å². The maximum Gasteiger partial charge on any atom is 0.208 e. The third-order valence-corrected chi connectivity index (χ3v) is 3.64. The molecule has 1 aliphatic rings. The van der Waals surface area contributed by atoms with Crippen LogP contribution >= 0.6 is 0 Å². The molecule has 2 rings (SSSR count). The molecule has 1 aromatic rings. The average molecular weight is 255 g/mol. The van der Waals surface area contributed by atoms with E-state index in [2.05, 4.69) is 4.72 Å². The van der Waals surface area contributed by atoms with Crippen LogP contribution in [0.4, 0.5) is 0 Å². The van der Waals surface area contributed by atoms with Crippen molar-refractivity contribution < 1.29 is 13.2 Å². The van der Waals surface area contributed by atoms with E-state index in [1.165, 1.54) is 6.26 Å². The molecule has 0 aromatic heterocycles. The Labute approximate surface area is 102 Å². The molecule has 0 saturated carbocycles. The molecule has 17 heavy (non-hydrogen) atoms. The summed E-state index contributed by atoms with van der Waals surface area (Å²) >= 11 is 0. The summed E-state index contributed by atoms with van der Waals surface area (Å²) in [7, 11) is -3.12. The molecule has 0 amide bonds. The van der Waals surface area contributed by atoms with Crippen LogP contribution in [0.5, 0.6) is 0 Å². The van der Waals surface area contributed by atoms with Crippen LogP contribution in [0.3, 0.4) is 0 Å². The zero-order valence-corrected chi connectivity index (χ0v) is 10.6. The molecule has 1 saturated heterocycles. The lowest BCUT2D eigenvalue weighted by Gasteiger charge is -2.18. The molecule has 0 radical (unpaired) electrons. The van der Waals surface area contributed by atoms with Gasteiger partial charge in [-0.3, -0.25) is 0 Å². The topological polar surface area (TPSA) is 55.4 Å². The second-order valence-corrected chi connectivity index (χ2v) is 6.20. The van der Waals surface area contributed by atoms with Crippen LogP contribution in [0, 0.1) is 5.92 Å². The molecule has 1 aromatic carbocycles. The summed E-state index contributed by atoms with van der Waals surface area (Å²) in [4.78, 5) is 0. The van der Waals surface area contributed by atoms with E-state index in [-0.39, 0.29) is 12.0 Å². The first-order valence-corrected chi connectivity index (χ1v) is 7.56. The summed E-state index contributed by atoms with van der Waals surface area (Å²) in [6.07, 6.45) is 2.08. The van der Waals surface area contributed by atoms with Crippen LogP contribution < -0.4 is 4.72 Å². The molecule has 2 atom stereocenters. The maximum absolute atomic E-state index is 11.1. The van der Waals surface area contributed by atoms with Crippen LogP contribution in [0.15, 0.2) is 30.3 Å². The second-order valence-electron chi connectivity index (χ2n) is 4.37. The summed E-state index contributed by atoms with van der Waals surface area (Å²) in [5, 5.41) is 0. The Morgan fingerprint density at radius 2 is 2.06 bits per heavy atom. The lowest BCUT2D eigenvalue weighted by Crippen LogP contribution is -2.29. The molecule has 0 unspecified atom stereocenters. The minimum absolute atomic E-state index is 0.00505. The highest BCUT2D eigenvalue weighted by atomic mass is 32.2. The fourth-order valence-corrected chi connectivity index (χ4v) is 2.63. The van der Waals surface area contributed by atoms with E-state index in [0.717, 1.165) is 12.0 Å². The van der Waals surface area contributed by atoms with E-state index >= 15 is 0 Å². The summed E-state index contributed by atoms with van der Waals surface area (Å²) in [6, 6.07) is 9.94. The van der Waals surface area contributed by atoms with Gasteiger partial charge < -0.3 is 4.74 Å². The van der Waals surface area contributed by atoms with Gasteiger partial charge >= 0.3 is 0 Å². The van der Waals surface area contributed by atoms with Crippen molar-refractivity contribution >= 4 is 10.0 Å². The van der Waals surface area contributed by atoms with Crippen molar-refractivity contribution in [3.8, 4) is 0 Å². The van der Waals surface area contributed by atoms with Crippen molar-refractivity contribution in [1.29, 1.82) is 0 Å². The van der Waals surface area contributed by atoms with E-state index in [4.69, 9.17) is 4.74 Å². The number of hydrogen-bond donors (Lipinski definition) is 1. The Kier molecular flexibility index (Phi) is 3.81. The molecule has 1 fully saturated rings. The predicted octanol–water partition coefficient (Wildman–Crippen LogP) is 1.31. The van der Waals surface area contributed by atoms with Crippen molar-refractivity contribution in [1.82, 2.24) is 4.72 Å². The number of sulfonamides is 1.